The molecule has 0 aliphatic heterocycles. The molecule has 3 aromatic rings. The molecule has 0 radical (unpaired) electrons. The van der Waals surface area contributed by atoms with E-state index in [1.165, 1.54) is 0 Å². The minimum absolute atomic E-state index is 0.545. The van der Waals surface area contributed by atoms with Crippen LogP contribution < -0.4 is 5.43 Å². The number of rotatable bonds is 7. The number of aliphatic hydroxyl groups is 1. The van der Waals surface area contributed by atoms with Crippen molar-refractivity contribution in [3.63, 3.8) is 0 Å². The zero-order valence-corrected chi connectivity index (χ0v) is 14.0. The zero-order valence-electron chi connectivity index (χ0n) is 14.0. The molecule has 126 valence electrons. The van der Waals surface area contributed by atoms with E-state index >= 15 is 0 Å². The number of anilines is 1. The summed E-state index contributed by atoms with van der Waals surface area (Å²) in [6, 6.07) is 29.9. The fourth-order valence-corrected chi connectivity index (χ4v) is 2.64. The predicted octanol–water partition coefficient (Wildman–Crippen LogP) is 4.30. The molecule has 3 heteroatoms. The van der Waals surface area contributed by atoms with Crippen molar-refractivity contribution >= 4 is 11.4 Å². The maximum Gasteiger partial charge on any atom is 0.0982 e. The van der Waals surface area contributed by atoms with Crippen molar-refractivity contribution in [2.24, 2.45) is 5.10 Å². The number of aliphatic hydroxyl groups excluding tert-OH is 1. The summed E-state index contributed by atoms with van der Waals surface area (Å²) in [5.41, 5.74) is 6.90. The Bertz CT molecular complexity index is 786. The van der Waals surface area contributed by atoms with Gasteiger partial charge in [-0.05, 0) is 23.3 Å². The van der Waals surface area contributed by atoms with E-state index in [1.807, 2.05) is 91.0 Å². The van der Waals surface area contributed by atoms with Gasteiger partial charge in [0, 0.05) is 12.8 Å². The molecular weight excluding hydrogens is 308 g/mol. The lowest BCUT2D eigenvalue weighted by molar-refractivity contribution is 0.240. The quantitative estimate of drug-likeness (QED) is 0.501. The number of para-hydroxylation sites is 1. The number of nitrogens with zero attached hydrogens (tertiary/aromatic N) is 1. The molecule has 0 aromatic heterocycles. The van der Waals surface area contributed by atoms with Gasteiger partial charge in [-0.2, -0.15) is 5.10 Å². The van der Waals surface area contributed by atoms with Gasteiger partial charge < -0.3 is 5.11 Å². The molecule has 0 saturated carbocycles. The zero-order chi connectivity index (χ0) is 17.3. The third-order valence-corrected chi connectivity index (χ3v) is 3.99. The Labute approximate surface area is 148 Å². The van der Waals surface area contributed by atoms with Crippen LogP contribution in [-0.4, -0.2) is 16.9 Å². The van der Waals surface area contributed by atoms with E-state index in [2.05, 4.69) is 10.5 Å². The lowest BCUT2D eigenvalue weighted by Crippen LogP contribution is -2.26. The molecule has 0 amide bonds. The molecule has 3 aromatic carbocycles. The van der Waals surface area contributed by atoms with Crippen LogP contribution in [0, 0.1) is 0 Å². The molecule has 0 aliphatic carbocycles. The first-order valence-corrected chi connectivity index (χ1v) is 8.45. The Morgan fingerprint density at radius 2 is 1.28 bits per heavy atom. The van der Waals surface area contributed by atoms with Gasteiger partial charge in [0.1, 0.15) is 0 Å². The number of benzene rings is 3. The molecule has 25 heavy (non-hydrogen) atoms. The van der Waals surface area contributed by atoms with E-state index in [-0.39, 0.29) is 0 Å². The van der Waals surface area contributed by atoms with Gasteiger partial charge in [-0.15, -0.1) is 0 Å². The molecule has 0 aliphatic rings. The molecule has 2 N–H and O–H groups in total. The van der Waals surface area contributed by atoms with Crippen LogP contribution in [-0.2, 0) is 12.8 Å². The van der Waals surface area contributed by atoms with Gasteiger partial charge >= 0.3 is 0 Å². The molecule has 3 rings (SSSR count). The van der Waals surface area contributed by atoms with E-state index in [0.717, 1.165) is 22.5 Å². The number of hydrogen-bond donors (Lipinski definition) is 2. The highest BCUT2D eigenvalue weighted by Gasteiger charge is 2.14. The minimum Gasteiger partial charge on any atom is -0.387 e. The third-order valence-electron chi connectivity index (χ3n) is 3.99. The predicted molar refractivity (Wildman–Crippen MR) is 104 cm³/mol. The normalized spacial score (nSPS) is 12.6. The SMILES string of the molecule is O[C@H](Cc1ccccc1)/C(Cc1ccccc1)=N/Nc1ccccc1. The van der Waals surface area contributed by atoms with Gasteiger partial charge in [-0.1, -0.05) is 78.9 Å². The number of nitrogens with one attached hydrogen (secondary N) is 1. The second kappa shape index (κ2) is 8.81. The summed E-state index contributed by atoms with van der Waals surface area (Å²) < 4.78 is 0. The number of hydrazone groups is 1. The van der Waals surface area contributed by atoms with Crippen molar-refractivity contribution in [1.29, 1.82) is 0 Å². The first-order chi connectivity index (χ1) is 12.3. The highest BCUT2D eigenvalue weighted by Crippen LogP contribution is 2.11. The Kier molecular flexibility index (Phi) is 5.96. The van der Waals surface area contributed by atoms with Gasteiger partial charge in [0.05, 0.1) is 17.5 Å². The van der Waals surface area contributed by atoms with Crippen molar-refractivity contribution in [3.05, 3.63) is 102 Å². The van der Waals surface area contributed by atoms with E-state index in [9.17, 15) is 5.11 Å². The third kappa shape index (κ3) is 5.30. The first-order valence-electron chi connectivity index (χ1n) is 8.45. The molecule has 0 fully saturated rings. The van der Waals surface area contributed by atoms with Gasteiger partial charge in [0.15, 0.2) is 0 Å². The maximum absolute atomic E-state index is 10.7. The van der Waals surface area contributed by atoms with Crippen molar-refractivity contribution in [2.45, 2.75) is 18.9 Å². The fraction of sp³-hybridized carbons (Fsp3) is 0.136. The molecule has 1 atom stereocenters. The van der Waals surface area contributed by atoms with Gasteiger partial charge in [0.2, 0.25) is 0 Å². The topological polar surface area (TPSA) is 44.6 Å². The van der Waals surface area contributed by atoms with E-state index in [0.29, 0.717) is 12.8 Å². The monoisotopic (exact) mass is 330 g/mol. The Morgan fingerprint density at radius 3 is 1.88 bits per heavy atom. The van der Waals surface area contributed by atoms with Crippen LogP contribution in [0.2, 0.25) is 0 Å². The lowest BCUT2D eigenvalue weighted by atomic mass is 9.99. The van der Waals surface area contributed by atoms with Crippen LogP contribution in [0.25, 0.3) is 0 Å². The Morgan fingerprint density at radius 1 is 0.760 bits per heavy atom. The largest absolute Gasteiger partial charge is 0.387 e. The maximum atomic E-state index is 10.7. The van der Waals surface area contributed by atoms with Crippen LogP contribution in [0.15, 0.2) is 96.1 Å². The molecule has 3 nitrogen and oxygen atoms in total. The smallest absolute Gasteiger partial charge is 0.0982 e. The Hall–Kier alpha value is -2.91. The van der Waals surface area contributed by atoms with Gasteiger partial charge in [-0.25, -0.2) is 0 Å². The highest BCUT2D eigenvalue weighted by atomic mass is 16.3. The van der Waals surface area contributed by atoms with Crippen LogP contribution >= 0.6 is 0 Å². The summed E-state index contributed by atoms with van der Waals surface area (Å²) >= 11 is 0. The lowest BCUT2D eigenvalue weighted by Gasteiger charge is -2.15. The first kappa shape index (κ1) is 16.9. The van der Waals surface area contributed by atoms with Crippen LogP contribution in [0.5, 0.6) is 0 Å². The summed E-state index contributed by atoms with van der Waals surface area (Å²) in [7, 11) is 0. The molecule has 0 bridgehead atoms. The van der Waals surface area contributed by atoms with Gasteiger partial charge in [0.25, 0.3) is 0 Å². The second-order valence-corrected chi connectivity index (χ2v) is 5.95. The van der Waals surface area contributed by atoms with Crippen molar-refractivity contribution in [1.82, 2.24) is 0 Å². The van der Waals surface area contributed by atoms with Gasteiger partial charge in [-0.3, -0.25) is 5.43 Å². The second-order valence-electron chi connectivity index (χ2n) is 5.95. The summed E-state index contributed by atoms with van der Waals surface area (Å²) in [6.45, 7) is 0. The minimum atomic E-state index is -0.640. The average Bonchev–Trinajstić information content (AvgIpc) is 2.67. The van der Waals surface area contributed by atoms with Crippen molar-refractivity contribution < 1.29 is 5.11 Å². The number of hydrogen-bond acceptors (Lipinski definition) is 3. The molecular formula is C22H22N2O. The Balaban J connectivity index is 1.77. The molecule has 0 unspecified atom stereocenters. The van der Waals surface area contributed by atoms with E-state index in [4.69, 9.17) is 0 Å². The summed E-state index contributed by atoms with van der Waals surface area (Å²) in [5, 5.41) is 15.2. The highest BCUT2D eigenvalue weighted by molar-refractivity contribution is 5.91. The molecule has 0 saturated heterocycles. The van der Waals surface area contributed by atoms with E-state index < -0.39 is 6.10 Å². The summed E-state index contributed by atoms with van der Waals surface area (Å²) in [4.78, 5) is 0. The average molecular weight is 330 g/mol. The standard InChI is InChI=1S/C22H22N2O/c25-22(17-19-12-6-2-7-13-19)21(16-18-10-4-1-5-11-18)24-23-20-14-8-3-9-15-20/h1-15,22-23,25H,16-17H2/b24-21+/t22-/m1/s1. The van der Waals surface area contributed by atoms with E-state index in [1.54, 1.807) is 0 Å². The van der Waals surface area contributed by atoms with Crippen molar-refractivity contribution in [3.8, 4) is 0 Å². The summed E-state index contributed by atoms with van der Waals surface area (Å²) in [5.74, 6) is 0. The van der Waals surface area contributed by atoms with Crippen LogP contribution in [0.1, 0.15) is 11.1 Å². The fourth-order valence-electron chi connectivity index (χ4n) is 2.64. The van der Waals surface area contributed by atoms with Crippen LogP contribution in [0.3, 0.4) is 0 Å². The summed E-state index contributed by atoms with van der Waals surface area (Å²) in [6.07, 6.45) is 0.510. The molecule has 0 spiro atoms. The molecule has 0 heterocycles. The van der Waals surface area contributed by atoms with Crippen molar-refractivity contribution in [2.75, 3.05) is 5.43 Å². The van der Waals surface area contributed by atoms with Crippen LogP contribution in [0.4, 0.5) is 5.69 Å².